The number of amides is 2. The molecule has 0 aliphatic carbocycles. The standard InChI is InChI=1S/C22H25ClN2O3/c1-15(2)12-24-22(27)17-11-21(26)25(13-17)19-7-9-20(10-8-19)28-14-16-3-5-18(23)6-4-16/h3-10,15,17H,11-14H2,1-2H3,(H,24,27)/t17-/m1/s1. The number of carbonyl (C=O) groups is 2. The van der Waals surface area contributed by atoms with Crippen LogP contribution in [-0.2, 0) is 16.2 Å². The average molecular weight is 401 g/mol. The number of hydrogen-bond acceptors (Lipinski definition) is 3. The fraction of sp³-hybridized carbons (Fsp3) is 0.364. The number of rotatable bonds is 7. The average Bonchev–Trinajstić information content (AvgIpc) is 3.08. The van der Waals surface area contributed by atoms with Crippen LogP contribution in [0.2, 0.25) is 5.02 Å². The predicted octanol–water partition coefficient (Wildman–Crippen LogP) is 4.04. The summed E-state index contributed by atoms with van der Waals surface area (Å²) >= 11 is 5.88. The zero-order chi connectivity index (χ0) is 20.1. The van der Waals surface area contributed by atoms with Gasteiger partial charge < -0.3 is 15.0 Å². The van der Waals surface area contributed by atoms with Gasteiger partial charge in [-0.1, -0.05) is 37.6 Å². The highest BCUT2D eigenvalue weighted by molar-refractivity contribution is 6.30. The molecule has 1 N–H and O–H groups in total. The number of halogens is 1. The molecular formula is C22H25ClN2O3. The number of nitrogens with zero attached hydrogens (tertiary/aromatic N) is 1. The Kier molecular flexibility index (Phi) is 6.57. The monoisotopic (exact) mass is 400 g/mol. The zero-order valence-corrected chi connectivity index (χ0v) is 16.9. The first-order valence-corrected chi connectivity index (χ1v) is 9.85. The van der Waals surface area contributed by atoms with E-state index in [4.69, 9.17) is 16.3 Å². The molecular weight excluding hydrogens is 376 g/mol. The molecule has 0 spiro atoms. The summed E-state index contributed by atoms with van der Waals surface area (Å²) < 4.78 is 5.78. The van der Waals surface area contributed by atoms with Crippen molar-refractivity contribution < 1.29 is 14.3 Å². The molecule has 1 aliphatic heterocycles. The molecule has 0 radical (unpaired) electrons. The van der Waals surface area contributed by atoms with E-state index in [-0.39, 0.29) is 24.2 Å². The maximum absolute atomic E-state index is 12.4. The molecule has 0 bridgehead atoms. The van der Waals surface area contributed by atoms with Crippen molar-refractivity contribution in [1.82, 2.24) is 5.32 Å². The topological polar surface area (TPSA) is 58.6 Å². The van der Waals surface area contributed by atoms with Gasteiger partial charge in [0.1, 0.15) is 12.4 Å². The molecule has 0 unspecified atom stereocenters. The van der Waals surface area contributed by atoms with Crippen molar-refractivity contribution in [1.29, 1.82) is 0 Å². The van der Waals surface area contributed by atoms with E-state index in [1.165, 1.54) is 0 Å². The van der Waals surface area contributed by atoms with Crippen molar-refractivity contribution in [3.05, 3.63) is 59.1 Å². The molecule has 2 amide bonds. The molecule has 148 valence electrons. The zero-order valence-electron chi connectivity index (χ0n) is 16.2. The molecule has 5 nitrogen and oxygen atoms in total. The van der Waals surface area contributed by atoms with Crippen LogP contribution >= 0.6 is 11.6 Å². The fourth-order valence-electron chi connectivity index (χ4n) is 3.05. The number of ether oxygens (including phenoxy) is 1. The van der Waals surface area contributed by atoms with Gasteiger partial charge in [0.15, 0.2) is 0 Å². The van der Waals surface area contributed by atoms with Gasteiger partial charge in [0, 0.05) is 30.2 Å². The Hall–Kier alpha value is -2.53. The molecule has 28 heavy (non-hydrogen) atoms. The number of hydrogen-bond donors (Lipinski definition) is 1. The Morgan fingerprint density at radius 2 is 1.86 bits per heavy atom. The SMILES string of the molecule is CC(C)CNC(=O)[C@@H]1CC(=O)N(c2ccc(OCc3ccc(Cl)cc3)cc2)C1. The van der Waals surface area contributed by atoms with E-state index in [1.54, 1.807) is 4.90 Å². The quantitative estimate of drug-likeness (QED) is 0.762. The van der Waals surface area contributed by atoms with Gasteiger partial charge in [0.25, 0.3) is 0 Å². The second-order valence-corrected chi connectivity index (χ2v) is 7.89. The van der Waals surface area contributed by atoms with Crippen LogP contribution in [0.4, 0.5) is 5.69 Å². The largest absolute Gasteiger partial charge is 0.489 e. The molecule has 1 aliphatic rings. The van der Waals surface area contributed by atoms with E-state index >= 15 is 0 Å². The molecule has 1 saturated heterocycles. The second kappa shape index (κ2) is 9.11. The molecule has 1 fully saturated rings. The van der Waals surface area contributed by atoms with Crippen LogP contribution in [0.25, 0.3) is 0 Å². The number of benzene rings is 2. The summed E-state index contributed by atoms with van der Waals surface area (Å²) in [5.41, 5.74) is 1.81. The number of anilines is 1. The van der Waals surface area contributed by atoms with Crippen molar-refractivity contribution in [2.75, 3.05) is 18.0 Å². The minimum absolute atomic E-state index is 0.0282. The van der Waals surface area contributed by atoms with Crippen molar-refractivity contribution >= 4 is 29.1 Å². The summed E-state index contributed by atoms with van der Waals surface area (Å²) in [5.74, 6) is 0.730. The highest BCUT2D eigenvalue weighted by Gasteiger charge is 2.35. The third-order valence-electron chi connectivity index (χ3n) is 4.65. The minimum atomic E-state index is -0.299. The maximum atomic E-state index is 12.4. The Morgan fingerprint density at radius 1 is 1.18 bits per heavy atom. The molecule has 6 heteroatoms. The molecule has 0 aromatic heterocycles. The maximum Gasteiger partial charge on any atom is 0.227 e. The van der Waals surface area contributed by atoms with Crippen LogP contribution < -0.4 is 15.0 Å². The van der Waals surface area contributed by atoms with Crippen LogP contribution in [0, 0.1) is 11.8 Å². The lowest BCUT2D eigenvalue weighted by atomic mass is 10.1. The first kappa shape index (κ1) is 20.2. The molecule has 1 atom stereocenters. The van der Waals surface area contributed by atoms with Gasteiger partial charge in [-0.15, -0.1) is 0 Å². The van der Waals surface area contributed by atoms with E-state index in [9.17, 15) is 9.59 Å². The van der Waals surface area contributed by atoms with Gasteiger partial charge in [-0.05, 0) is 47.9 Å². The summed E-state index contributed by atoms with van der Waals surface area (Å²) in [5, 5.41) is 3.61. The van der Waals surface area contributed by atoms with E-state index in [2.05, 4.69) is 5.32 Å². The smallest absolute Gasteiger partial charge is 0.227 e. The Bertz CT molecular complexity index is 819. The van der Waals surface area contributed by atoms with Crippen LogP contribution in [-0.4, -0.2) is 24.9 Å². The van der Waals surface area contributed by atoms with Crippen LogP contribution in [0.15, 0.2) is 48.5 Å². The van der Waals surface area contributed by atoms with Gasteiger partial charge in [-0.2, -0.15) is 0 Å². The lowest BCUT2D eigenvalue weighted by Gasteiger charge is -2.17. The minimum Gasteiger partial charge on any atom is -0.489 e. The van der Waals surface area contributed by atoms with Crippen LogP contribution in [0.1, 0.15) is 25.8 Å². The predicted molar refractivity (Wildman–Crippen MR) is 111 cm³/mol. The highest BCUT2D eigenvalue weighted by atomic mass is 35.5. The fourth-order valence-corrected chi connectivity index (χ4v) is 3.18. The van der Waals surface area contributed by atoms with Gasteiger partial charge >= 0.3 is 0 Å². The summed E-state index contributed by atoms with van der Waals surface area (Å²) in [6.45, 7) is 5.57. The summed E-state index contributed by atoms with van der Waals surface area (Å²) in [6.07, 6.45) is 0.249. The van der Waals surface area contributed by atoms with Crippen molar-refractivity contribution in [2.45, 2.75) is 26.9 Å². The normalized spacial score (nSPS) is 16.5. The number of nitrogens with one attached hydrogen (secondary N) is 1. The van der Waals surface area contributed by atoms with E-state index < -0.39 is 0 Å². The van der Waals surface area contributed by atoms with Crippen molar-refractivity contribution in [2.24, 2.45) is 11.8 Å². The Morgan fingerprint density at radius 3 is 2.50 bits per heavy atom. The highest BCUT2D eigenvalue weighted by Crippen LogP contribution is 2.27. The lowest BCUT2D eigenvalue weighted by Crippen LogP contribution is -2.34. The summed E-state index contributed by atoms with van der Waals surface area (Å²) in [7, 11) is 0. The van der Waals surface area contributed by atoms with Gasteiger partial charge in [0.05, 0.1) is 5.92 Å². The second-order valence-electron chi connectivity index (χ2n) is 7.45. The molecule has 2 aromatic carbocycles. The number of carbonyl (C=O) groups excluding carboxylic acids is 2. The van der Waals surface area contributed by atoms with Gasteiger partial charge in [-0.25, -0.2) is 0 Å². The Labute approximate surface area is 170 Å². The Balaban J connectivity index is 1.56. The third-order valence-corrected chi connectivity index (χ3v) is 4.90. The van der Waals surface area contributed by atoms with Crippen molar-refractivity contribution in [3.8, 4) is 5.75 Å². The van der Waals surface area contributed by atoms with E-state index in [0.29, 0.717) is 30.6 Å². The van der Waals surface area contributed by atoms with Crippen LogP contribution in [0.5, 0.6) is 5.75 Å². The van der Waals surface area contributed by atoms with E-state index in [1.807, 2.05) is 62.4 Å². The van der Waals surface area contributed by atoms with Crippen LogP contribution in [0.3, 0.4) is 0 Å². The summed E-state index contributed by atoms with van der Waals surface area (Å²) in [6, 6.07) is 14.9. The third kappa shape index (κ3) is 5.26. The molecule has 0 saturated carbocycles. The summed E-state index contributed by atoms with van der Waals surface area (Å²) in [4.78, 5) is 26.3. The van der Waals surface area contributed by atoms with Gasteiger partial charge in [0.2, 0.25) is 11.8 Å². The first-order chi connectivity index (χ1) is 13.4. The molecule has 1 heterocycles. The van der Waals surface area contributed by atoms with Crippen molar-refractivity contribution in [3.63, 3.8) is 0 Å². The van der Waals surface area contributed by atoms with E-state index in [0.717, 1.165) is 17.0 Å². The molecule has 3 rings (SSSR count). The molecule has 2 aromatic rings. The lowest BCUT2D eigenvalue weighted by molar-refractivity contribution is -0.126. The van der Waals surface area contributed by atoms with Gasteiger partial charge in [-0.3, -0.25) is 9.59 Å². The first-order valence-electron chi connectivity index (χ1n) is 9.47.